The topological polar surface area (TPSA) is 79.6 Å². The Bertz CT molecular complexity index is 481. The zero-order valence-electron chi connectivity index (χ0n) is 11.5. The smallest absolute Gasteiger partial charge is 0.287 e. The Kier molecular flexibility index (Phi) is 4.49. The van der Waals surface area contributed by atoms with E-state index in [1.165, 1.54) is 12.3 Å². The Hall–Kier alpha value is -2.18. The van der Waals surface area contributed by atoms with Crippen LogP contribution >= 0.6 is 0 Å². The lowest BCUT2D eigenvalue weighted by Gasteiger charge is -2.35. The third kappa shape index (κ3) is 3.23. The van der Waals surface area contributed by atoms with Gasteiger partial charge in [-0.2, -0.15) is 0 Å². The predicted molar refractivity (Wildman–Crippen MR) is 74.6 cm³/mol. The molecule has 1 aliphatic heterocycles. The van der Waals surface area contributed by atoms with Gasteiger partial charge in [0.2, 0.25) is 5.91 Å². The number of carbonyl (C=O) groups is 1. The van der Waals surface area contributed by atoms with Crippen molar-refractivity contribution in [2.75, 3.05) is 31.1 Å². The van der Waals surface area contributed by atoms with E-state index in [1.807, 2.05) is 16.7 Å². The van der Waals surface area contributed by atoms with Crippen molar-refractivity contribution in [1.29, 1.82) is 0 Å². The lowest BCUT2D eigenvalue weighted by Crippen LogP contribution is -2.49. The third-order valence-electron chi connectivity index (χ3n) is 3.36. The summed E-state index contributed by atoms with van der Waals surface area (Å²) < 4.78 is 0. The Morgan fingerprint density at radius 1 is 1.35 bits per heavy atom. The number of nitrogens with zero attached hydrogens (tertiary/aromatic N) is 4. The molecule has 1 aliphatic rings. The molecule has 0 aliphatic carbocycles. The quantitative estimate of drug-likeness (QED) is 0.615. The number of nitro groups is 1. The van der Waals surface area contributed by atoms with E-state index in [4.69, 9.17) is 0 Å². The zero-order chi connectivity index (χ0) is 14.5. The monoisotopic (exact) mass is 278 g/mol. The minimum Gasteiger partial charge on any atom is -0.353 e. The molecule has 0 bridgehead atoms. The normalized spacial score (nSPS) is 15.2. The predicted octanol–water partition coefficient (Wildman–Crippen LogP) is 1.44. The molecule has 1 aromatic heterocycles. The number of rotatable bonds is 4. The molecule has 1 amide bonds. The summed E-state index contributed by atoms with van der Waals surface area (Å²) in [6.07, 6.45) is 2.72. The van der Waals surface area contributed by atoms with Gasteiger partial charge in [-0.1, -0.05) is 6.92 Å². The molecule has 0 N–H and O–H groups in total. The van der Waals surface area contributed by atoms with E-state index in [0.29, 0.717) is 32.6 Å². The second-order valence-corrected chi connectivity index (χ2v) is 4.75. The first-order chi connectivity index (χ1) is 9.61. The summed E-state index contributed by atoms with van der Waals surface area (Å²) in [4.78, 5) is 29.9. The van der Waals surface area contributed by atoms with Gasteiger partial charge in [-0.3, -0.25) is 14.9 Å². The number of aromatic nitrogens is 1. The van der Waals surface area contributed by atoms with Crippen LogP contribution in [0.1, 0.15) is 19.8 Å². The first-order valence-corrected chi connectivity index (χ1v) is 6.75. The van der Waals surface area contributed by atoms with E-state index in [0.717, 1.165) is 12.2 Å². The molecule has 0 saturated carbocycles. The summed E-state index contributed by atoms with van der Waals surface area (Å²) in [6, 6.07) is 3.11. The zero-order valence-corrected chi connectivity index (χ0v) is 11.5. The summed E-state index contributed by atoms with van der Waals surface area (Å²) in [6.45, 7) is 4.77. The molecular formula is C13H18N4O3. The average molecular weight is 278 g/mol. The third-order valence-corrected chi connectivity index (χ3v) is 3.36. The molecule has 0 unspecified atom stereocenters. The van der Waals surface area contributed by atoms with Crippen LogP contribution in [0, 0.1) is 10.1 Å². The van der Waals surface area contributed by atoms with Crippen LogP contribution in [0.15, 0.2) is 18.3 Å². The molecule has 0 atom stereocenters. The van der Waals surface area contributed by atoms with Crippen LogP contribution in [0.2, 0.25) is 0 Å². The molecule has 2 heterocycles. The summed E-state index contributed by atoms with van der Waals surface area (Å²) in [5.41, 5.74) is -0.00879. The van der Waals surface area contributed by atoms with Gasteiger partial charge in [0.25, 0.3) is 5.69 Å². The molecule has 108 valence electrons. The van der Waals surface area contributed by atoms with Crippen LogP contribution in [0.5, 0.6) is 0 Å². The number of carbonyl (C=O) groups excluding carboxylic acids is 1. The van der Waals surface area contributed by atoms with Crippen LogP contribution in [-0.2, 0) is 4.79 Å². The summed E-state index contributed by atoms with van der Waals surface area (Å²) in [5.74, 6) is 0.919. The number of pyridine rings is 1. The fraction of sp³-hybridized carbons (Fsp3) is 0.538. The first-order valence-electron chi connectivity index (χ1n) is 6.75. The minimum atomic E-state index is -0.460. The van der Waals surface area contributed by atoms with Gasteiger partial charge < -0.3 is 9.80 Å². The van der Waals surface area contributed by atoms with Crippen molar-refractivity contribution in [2.45, 2.75) is 19.8 Å². The van der Waals surface area contributed by atoms with Gasteiger partial charge in [-0.05, 0) is 12.5 Å². The van der Waals surface area contributed by atoms with Gasteiger partial charge in [0, 0.05) is 38.7 Å². The van der Waals surface area contributed by atoms with E-state index in [1.54, 1.807) is 6.07 Å². The number of piperazine rings is 1. The molecule has 0 aromatic carbocycles. The lowest BCUT2D eigenvalue weighted by atomic mass is 10.2. The number of hydrogen-bond donors (Lipinski definition) is 0. The van der Waals surface area contributed by atoms with Crippen molar-refractivity contribution in [3.05, 3.63) is 28.4 Å². The van der Waals surface area contributed by atoms with E-state index >= 15 is 0 Å². The highest BCUT2D eigenvalue weighted by molar-refractivity contribution is 5.76. The molecule has 7 nitrogen and oxygen atoms in total. The maximum atomic E-state index is 11.8. The molecule has 2 rings (SSSR count). The van der Waals surface area contributed by atoms with Crippen molar-refractivity contribution in [3.63, 3.8) is 0 Å². The van der Waals surface area contributed by atoms with Gasteiger partial charge in [0.15, 0.2) is 0 Å². The highest BCUT2D eigenvalue weighted by Gasteiger charge is 2.21. The fourth-order valence-electron chi connectivity index (χ4n) is 2.23. The van der Waals surface area contributed by atoms with Crippen molar-refractivity contribution in [3.8, 4) is 0 Å². The second-order valence-electron chi connectivity index (χ2n) is 4.75. The molecule has 1 fully saturated rings. The number of hydrogen-bond acceptors (Lipinski definition) is 5. The highest BCUT2D eigenvalue weighted by Crippen LogP contribution is 2.17. The summed E-state index contributed by atoms with van der Waals surface area (Å²) in [5, 5.41) is 10.6. The van der Waals surface area contributed by atoms with Crippen LogP contribution in [-0.4, -0.2) is 46.9 Å². The minimum absolute atomic E-state index is 0.00879. The molecule has 1 aromatic rings. The van der Waals surface area contributed by atoms with Crippen LogP contribution in [0.3, 0.4) is 0 Å². The Morgan fingerprint density at radius 3 is 2.55 bits per heavy atom. The van der Waals surface area contributed by atoms with Crippen molar-refractivity contribution < 1.29 is 9.72 Å². The van der Waals surface area contributed by atoms with E-state index < -0.39 is 4.92 Å². The first kappa shape index (κ1) is 14.2. The molecule has 20 heavy (non-hydrogen) atoms. The molecule has 0 spiro atoms. The van der Waals surface area contributed by atoms with Gasteiger partial charge >= 0.3 is 0 Å². The summed E-state index contributed by atoms with van der Waals surface area (Å²) in [7, 11) is 0. The SMILES string of the molecule is CCCC(=O)N1CCN(c2ccc([N+](=O)[O-])cn2)CC1. The molecule has 0 radical (unpaired) electrons. The van der Waals surface area contributed by atoms with Gasteiger partial charge in [0.05, 0.1) is 4.92 Å². The van der Waals surface area contributed by atoms with Gasteiger partial charge in [-0.25, -0.2) is 4.98 Å². The average Bonchev–Trinajstić information content (AvgIpc) is 2.48. The molecular weight excluding hydrogens is 260 g/mol. The maximum absolute atomic E-state index is 11.8. The van der Waals surface area contributed by atoms with Crippen molar-refractivity contribution in [1.82, 2.24) is 9.88 Å². The maximum Gasteiger partial charge on any atom is 0.287 e. The van der Waals surface area contributed by atoms with Crippen LogP contribution < -0.4 is 4.90 Å². The summed E-state index contributed by atoms with van der Waals surface area (Å²) >= 11 is 0. The van der Waals surface area contributed by atoms with E-state index in [9.17, 15) is 14.9 Å². The van der Waals surface area contributed by atoms with Crippen molar-refractivity contribution in [2.24, 2.45) is 0 Å². The highest BCUT2D eigenvalue weighted by atomic mass is 16.6. The number of anilines is 1. The molecule has 1 saturated heterocycles. The Labute approximate surface area is 117 Å². The van der Waals surface area contributed by atoms with E-state index in [-0.39, 0.29) is 11.6 Å². The second kappa shape index (κ2) is 6.31. The van der Waals surface area contributed by atoms with Gasteiger partial charge in [-0.15, -0.1) is 0 Å². The van der Waals surface area contributed by atoms with Crippen molar-refractivity contribution >= 4 is 17.4 Å². The lowest BCUT2D eigenvalue weighted by molar-refractivity contribution is -0.385. The largest absolute Gasteiger partial charge is 0.353 e. The fourth-order valence-corrected chi connectivity index (χ4v) is 2.23. The standard InChI is InChI=1S/C13H18N4O3/c1-2-3-13(18)16-8-6-15(7-9-16)12-5-4-11(10-14-12)17(19)20/h4-5,10H,2-3,6-9H2,1H3. The Morgan fingerprint density at radius 2 is 2.05 bits per heavy atom. The van der Waals surface area contributed by atoms with E-state index in [2.05, 4.69) is 4.98 Å². The molecule has 7 heteroatoms. The number of amides is 1. The van der Waals surface area contributed by atoms with Gasteiger partial charge in [0.1, 0.15) is 12.0 Å². The van der Waals surface area contributed by atoms with Crippen LogP contribution in [0.25, 0.3) is 0 Å². The van der Waals surface area contributed by atoms with Crippen LogP contribution in [0.4, 0.5) is 11.5 Å². The Balaban J connectivity index is 1.93.